The number of rotatable bonds is 6. The summed E-state index contributed by atoms with van der Waals surface area (Å²) in [7, 11) is -3.99. The number of hydrogen-bond donors (Lipinski definition) is 2. The van der Waals surface area contributed by atoms with E-state index in [2.05, 4.69) is 19.1 Å². The lowest BCUT2D eigenvalue weighted by Gasteiger charge is -2.20. The normalized spacial score (nSPS) is 13.7. The predicted molar refractivity (Wildman–Crippen MR) is 110 cm³/mol. The zero-order chi connectivity index (χ0) is 20.6. The van der Waals surface area contributed by atoms with Crippen LogP contribution in [0.1, 0.15) is 11.1 Å². The quantitative estimate of drug-likeness (QED) is 0.424. The second-order valence-electron chi connectivity index (χ2n) is 6.19. The smallest absolute Gasteiger partial charge is 0.333 e. The summed E-state index contributed by atoms with van der Waals surface area (Å²) in [6, 6.07) is 7.76. The fourth-order valence-corrected chi connectivity index (χ4v) is 4.58. The van der Waals surface area contributed by atoms with Crippen molar-refractivity contribution in [3.05, 3.63) is 40.4 Å². The number of halogens is 1. The molecule has 4 rings (SSSR count). The first kappa shape index (κ1) is 20.3. The fraction of sp³-hybridized carbons (Fsp3) is 0.235. The van der Waals surface area contributed by atoms with Crippen LogP contribution in [0.15, 0.2) is 29.4 Å². The lowest BCUT2D eigenvalue weighted by molar-refractivity contribution is 0.103. The number of nitrogens with two attached hydrogens (primary N) is 2. The summed E-state index contributed by atoms with van der Waals surface area (Å²) >= 11 is 7.74. The summed E-state index contributed by atoms with van der Waals surface area (Å²) < 4.78 is 31.8. The van der Waals surface area contributed by atoms with Crippen molar-refractivity contribution in [2.45, 2.75) is 18.4 Å². The highest BCUT2D eigenvalue weighted by molar-refractivity contribution is 7.99. The molecule has 0 unspecified atom stereocenters. The molecule has 0 aliphatic carbocycles. The molecular weight excluding hydrogens is 438 g/mol. The minimum Gasteiger partial charge on any atom is -0.372 e. The molecule has 4 N–H and O–H groups in total. The van der Waals surface area contributed by atoms with E-state index >= 15 is 0 Å². The van der Waals surface area contributed by atoms with Crippen molar-refractivity contribution in [3.8, 4) is 11.4 Å². The van der Waals surface area contributed by atoms with E-state index in [0.29, 0.717) is 34.8 Å². The van der Waals surface area contributed by atoms with Crippen LogP contribution in [0.3, 0.4) is 0 Å². The maximum atomic E-state index is 10.8. The Balaban J connectivity index is 1.72. The van der Waals surface area contributed by atoms with Gasteiger partial charge in [-0.3, -0.25) is 4.18 Å². The van der Waals surface area contributed by atoms with Gasteiger partial charge >= 0.3 is 10.3 Å². The van der Waals surface area contributed by atoms with Gasteiger partial charge in [0.25, 0.3) is 0 Å². The molecule has 29 heavy (non-hydrogen) atoms. The van der Waals surface area contributed by atoms with Crippen LogP contribution >= 0.6 is 23.4 Å². The Morgan fingerprint density at radius 2 is 2.00 bits per heavy atom. The second kappa shape index (κ2) is 8.01. The minimum atomic E-state index is -3.99. The Kier molecular flexibility index (Phi) is 5.60. The summed E-state index contributed by atoms with van der Waals surface area (Å²) in [5, 5.41) is 7.60. The fourth-order valence-electron chi connectivity index (χ4n) is 3.18. The summed E-state index contributed by atoms with van der Waals surface area (Å²) in [6.07, 6.45) is 0. The highest BCUT2D eigenvalue weighted by Gasteiger charge is 2.21. The topological polar surface area (TPSA) is 143 Å². The van der Waals surface area contributed by atoms with E-state index in [-0.39, 0.29) is 18.3 Å². The van der Waals surface area contributed by atoms with Gasteiger partial charge in [-0.05, 0) is 28.0 Å². The molecule has 0 fully saturated rings. The molecule has 9 nitrogen and oxygen atoms in total. The highest BCUT2D eigenvalue weighted by atomic mass is 35.5. The molecule has 1 aliphatic heterocycles. The van der Waals surface area contributed by atoms with Crippen LogP contribution in [0.4, 0.5) is 5.95 Å². The Bertz CT molecular complexity index is 1210. The molecule has 2 heterocycles. The van der Waals surface area contributed by atoms with Gasteiger partial charge in [0.1, 0.15) is 0 Å². The molecule has 152 valence electrons. The molecule has 1 aliphatic rings. The summed E-state index contributed by atoms with van der Waals surface area (Å²) in [4.78, 5) is 12.8. The van der Waals surface area contributed by atoms with Crippen LogP contribution < -0.4 is 10.9 Å². The van der Waals surface area contributed by atoms with Crippen LogP contribution in [0.25, 0.3) is 22.2 Å². The molecule has 0 amide bonds. The third-order valence-corrected chi connectivity index (χ3v) is 5.82. The number of aromatic nitrogens is 3. The highest BCUT2D eigenvalue weighted by Crippen LogP contribution is 2.39. The van der Waals surface area contributed by atoms with Gasteiger partial charge < -0.3 is 10.5 Å². The van der Waals surface area contributed by atoms with Crippen molar-refractivity contribution in [1.29, 1.82) is 0 Å². The predicted octanol–water partition coefficient (Wildman–Crippen LogP) is 2.27. The number of thioether (sulfide) groups is 1. The second-order valence-corrected chi connectivity index (χ2v) is 8.88. The third-order valence-electron chi connectivity index (χ3n) is 4.21. The standard InChI is InChI=1S/C17H16ClN5O4S2/c18-12-6-10-8-26-7-9-2-1-3-11(13(9)10)14(12)15-21-16(19)23-17(22-15)28-5-4-27-29(20,24)25/h1-3,6H,4-5,7-8H2,(H2,20,24,25)(H2,19,21,22,23). The van der Waals surface area contributed by atoms with E-state index in [9.17, 15) is 8.42 Å². The molecule has 0 saturated heterocycles. The van der Waals surface area contributed by atoms with Gasteiger partial charge in [0.15, 0.2) is 11.0 Å². The SMILES string of the molecule is Nc1nc(SCCOS(N)(=O)=O)nc(-c2c(Cl)cc3c4c(cccc24)COC3)n1. The average Bonchev–Trinajstić information content (AvgIpc) is 2.64. The van der Waals surface area contributed by atoms with Crippen LogP contribution in [0.2, 0.25) is 5.02 Å². The number of nitrogen functional groups attached to an aromatic ring is 1. The summed E-state index contributed by atoms with van der Waals surface area (Å²) in [5.41, 5.74) is 8.61. The third kappa shape index (κ3) is 4.44. The molecule has 12 heteroatoms. The lowest BCUT2D eigenvalue weighted by atomic mass is 9.94. The summed E-state index contributed by atoms with van der Waals surface area (Å²) in [6.45, 7) is 0.889. The number of nitrogens with zero attached hydrogens (tertiary/aromatic N) is 3. The first-order valence-electron chi connectivity index (χ1n) is 8.44. The monoisotopic (exact) mass is 453 g/mol. The molecule has 0 atom stereocenters. The molecule has 0 radical (unpaired) electrons. The van der Waals surface area contributed by atoms with Crippen molar-refractivity contribution in [3.63, 3.8) is 0 Å². The Morgan fingerprint density at radius 1 is 1.21 bits per heavy atom. The first-order valence-corrected chi connectivity index (χ1v) is 11.3. The van der Waals surface area contributed by atoms with Gasteiger partial charge in [-0.15, -0.1) is 0 Å². The number of anilines is 1. The molecule has 0 bridgehead atoms. The van der Waals surface area contributed by atoms with Gasteiger partial charge in [-0.2, -0.15) is 18.4 Å². The molecule has 2 aromatic carbocycles. The minimum absolute atomic E-state index is 0.0322. The van der Waals surface area contributed by atoms with Crippen LogP contribution in [0, 0.1) is 0 Å². The Morgan fingerprint density at radius 3 is 2.79 bits per heavy atom. The van der Waals surface area contributed by atoms with Crippen molar-refractivity contribution in [2.24, 2.45) is 5.14 Å². The number of ether oxygens (including phenoxy) is 1. The van der Waals surface area contributed by atoms with E-state index in [0.717, 1.165) is 21.9 Å². The Labute approximate surface area is 176 Å². The van der Waals surface area contributed by atoms with Gasteiger partial charge in [0.05, 0.1) is 24.8 Å². The van der Waals surface area contributed by atoms with E-state index in [4.69, 9.17) is 27.2 Å². The molecular formula is C17H16ClN5O4S2. The maximum absolute atomic E-state index is 10.8. The molecule has 1 aromatic heterocycles. The average molecular weight is 454 g/mol. The molecule has 3 aromatic rings. The van der Waals surface area contributed by atoms with Crippen molar-refractivity contribution in [2.75, 3.05) is 18.1 Å². The van der Waals surface area contributed by atoms with Crippen molar-refractivity contribution < 1.29 is 17.3 Å². The van der Waals surface area contributed by atoms with Gasteiger partial charge in [-0.25, -0.2) is 10.1 Å². The van der Waals surface area contributed by atoms with E-state index in [1.807, 2.05) is 24.3 Å². The Hall–Kier alpha value is -2.02. The number of benzene rings is 2. The largest absolute Gasteiger partial charge is 0.372 e. The maximum Gasteiger partial charge on any atom is 0.333 e. The zero-order valence-electron chi connectivity index (χ0n) is 15.0. The van der Waals surface area contributed by atoms with Crippen LogP contribution in [-0.4, -0.2) is 35.7 Å². The molecule has 0 saturated carbocycles. The van der Waals surface area contributed by atoms with E-state index in [1.165, 1.54) is 11.8 Å². The summed E-state index contributed by atoms with van der Waals surface area (Å²) in [5.74, 6) is 0.631. The lowest BCUT2D eigenvalue weighted by Crippen LogP contribution is -2.17. The van der Waals surface area contributed by atoms with E-state index < -0.39 is 10.3 Å². The van der Waals surface area contributed by atoms with E-state index in [1.54, 1.807) is 0 Å². The molecule has 0 spiro atoms. The van der Waals surface area contributed by atoms with Crippen LogP contribution in [-0.2, 0) is 32.4 Å². The van der Waals surface area contributed by atoms with Crippen molar-refractivity contribution >= 4 is 50.4 Å². The first-order chi connectivity index (χ1) is 13.8. The van der Waals surface area contributed by atoms with Crippen molar-refractivity contribution in [1.82, 2.24) is 15.0 Å². The zero-order valence-corrected chi connectivity index (χ0v) is 17.4. The number of hydrogen-bond acceptors (Lipinski definition) is 9. The van der Waals surface area contributed by atoms with Gasteiger partial charge in [-0.1, -0.05) is 41.6 Å². The van der Waals surface area contributed by atoms with Gasteiger partial charge in [0.2, 0.25) is 5.95 Å². The van der Waals surface area contributed by atoms with Gasteiger partial charge in [0, 0.05) is 11.3 Å². The van der Waals surface area contributed by atoms with Crippen LogP contribution in [0.5, 0.6) is 0 Å².